The van der Waals surface area contributed by atoms with E-state index in [0.29, 0.717) is 35.2 Å². The van der Waals surface area contributed by atoms with E-state index in [4.69, 9.17) is 23.2 Å². The number of piperidine rings is 1. The van der Waals surface area contributed by atoms with Crippen LogP contribution < -0.4 is 5.32 Å². The van der Waals surface area contributed by atoms with Crippen molar-refractivity contribution in [2.45, 2.75) is 38.6 Å². The van der Waals surface area contributed by atoms with E-state index in [-0.39, 0.29) is 17.9 Å². The van der Waals surface area contributed by atoms with Gasteiger partial charge in [0.1, 0.15) is 0 Å². The zero-order valence-corrected chi connectivity index (χ0v) is 16.6. The number of amides is 2. The Morgan fingerprint density at radius 2 is 2.07 bits per heavy atom. The van der Waals surface area contributed by atoms with E-state index in [9.17, 15) is 9.59 Å². The Bertz CT molecular complexity index is 837. The van der Waals surface area contributed by atoms with Gasteiger partial charge >= 0.3 is 0 Å². The highest BCUT2D eigenvalue weighted by Crippen LogP contribution is 2.24. The minimum absolute atomic E-state index is 0.00101. The van der Waals surface area contributed by atoms with Crippen LogP contribution in [0.2, 0.25) is 10.0 Å². The standard InChI is InChI=1S/C19H22Cl2N4O2/c1-2-4-18(26)22-13-5-3-9-24(12-13)19(27)17-8-10-25(23-17)14-6-7-15(20)16(21)11-14/h6-8,10-11,13H,2-5,9,12H2,1H3,(H,22,26). The molecule has 1 aromatic carbocycles. The minimum Gasteiger partial charge on any atom is -0.352 e. The van der Waals surface area contributed by atoms with Crippen molar-refractivity contribution in [2.75, 3.05) is 13.1 Å². The van der Waals surface area contributed by atoms with Crippen LogP contribution in [0.1, 0.15) is 43.1 Å². The third-order valence-electron chi connectivity index (χ3n) is 4.53. The van der Waals surface area contributed by atoms with Crippen molar-refractivity contribution in [1.82, 2.24) is 20.0 Å². The number of halogens is 2. The van der Waals surface area contributed by atoms with Crippen molar-refractivity contribution in [2.24, 2.45) is 0 Å². The second-order valence-corrected chi connectivity index (χ2v) is 7.47. The van der Waals surface area contributed by atoms with Crippen LogP contribution in [0.4, 0.5) is 0 Å². The van der Waals surface area contributed by atoms with Crippen molar-refractivity contribution < 1.29 is 9.59 Å². The van der Waals surface area contributed by atoms with E-state index < -0.39 is 0 Å². The zero-order chi connectivity index (χ0) is 19.4. The lowest BCUT2D eigenvalue weighted by Gasteiger charge is -2.32. The average molecular weight is 409 g/mol. The smallest absolute Gasteiger partial charge is 0.274 e. The number of likely N-dealkylation sites (tertiary alicyclic amines) is 1. The largest absolute Gasteiger partial charge is 0.352 e. The lowest BCUT2D eigenvalue weighted by molar-refractivity contribution is -0.122. The van der Waals surface area contributed by atoms with Gasteiger partial charge in [-0.1, -0.05) is 30.1 Å². The molecule has 1 saturated heterocycles. The Morgan fingerprint density at radius 3 is 2.81 bits per heavy atom. The van der Waals surface area contributed by atoms with Gasteiger partial charge in [0.15, 0.2) is 5.69 Å². The molecule has 6 nitrogen and oxygen atoms in total. The number of carbonyl (C=O) groups is 2. The second kappa shape index (κ2) is 8.76. The summed E-state index contributed by atoms with van der Waals surface area (Å²) >= 11 is 12.0. The molecule has 3 rings (SSSR count). The number of hydrogen-bond acceptors (Lipinski definition) is 3. The van der Waals surface area contributed by atoms with Gasteiger partial charge in [-0.05, 0) is 43.5 Å². The third kappa shape index (κ3) is 4.82. The molecule has 8 heteroatoms. The first-order valence-electron chi connectivity index (χ1n) is 9.07. The summed E-state index contributed by atoms with van der Waals surface area (Å²) in [6, 6.07) is 6.86. The maximum Gasteiger partial charge on any atom is 0.274 e. The van der Waals surface area contributed by atoms with Crippen molar-refractivity contribution in [3.8, 4) is 5.69 Å². The van der Waals surface area contributed by atoms with Gasteiger partial charge in [0.25, 0.3) is 5.91 Å². The van der Waals surface area contributed by atoms with Gasteiger partial charge in [-0.15, -0.1) is 0 Å². The molecule has 0 bridgehead atoms. The maximum absolute atomic E-state index is 12.8. The molecule has 1 N–H and O–H groups in total. The molecule has 2 heterocycles. The number of benzene rings is 1. The Kier molecular flexibility index (Phi) is 6.39. The molecule has 1 unspecified atom stereocenters. The Labute approximate surface area is 168 Å². The number of rotatable bonds is 5. The van der Waals surface area contributed by atoms with Gasteiger partial charge < -0.3 is 10.2 Å². The van der Waals surface area contributed by atoms with Crippen molar-refractivity contribution in [3.05, 3.63) is 46.2 Å². The predicted octanol–water partition coefficient (Wildman–Crippen LogP) is 3.70. The van der Waals surface area contributed by atoms with E-state index in [1.165, 1.54) is 0 Å². The summed E-state index contributed by atoms with van der Waals surface area (Å²) in [4.78, 5) is 26.4. The van der Waals surface area contributed by atoms with Crippen LogP contribution in [0, 0.1) is 0 Å². The van der Waals surface area contributed by atoms with Crippen molar-refractivity contribution in [3.63, 3.8) is 0 Å². The van der Waals surface area contributed by atoms with Crippen LogP contribution in [0.3, 0.4) is 0 Å². The summed E-state index contributed by atoms with van der Waals surface area (Å²) in [5.74, 6) is -0.0936. The first-order chi connectivity index (χ1) is 13.0. The molecule has 1 aliphatic rings. The second-order valence-electron chi connectivity index (χ2n) is 6.65. The first kappa shape index (κ1) is 19.7. The fourth-order valence-corrected chi connectivity index (χ4v) is 3.47. The van der Waals surface area contributed by atoms with E-state index in [1.807, 2.05) is 6.92 Å². The van der Waals surface area contributed by atoms with Gasteiger partial charge in [0, 0.05) is 31.7 Å². The van der Waals surface area contributed by atoms with Crippen LogP contribution in [0.25, 0.3) is 5.69 Å². The minimum atomic E-state index is -0.136. The van der Waals surface area contributed by atoms with Gasteiger partial charge in [0.2, 0.25) is 5.91 Å². The molecular formula is C19H22Cl2N4O2. The molecule has 0 spiro atoms. The summed E-state index contributed by atoms with van der Waals surface area (Å²) in [5.41, 5.74) is 1.09. The monoisotopic (exact) mass is 408 g/mol. The molecule has 0 aliphatic carbocycles. The quantitative estimate of drug-likeness (QED) is 0.819. The highest BCUT2D eigenvalue weighted by Gasteiger charge is 2.26. The maximum atomic E-state index is 12.8. The lowest BCUT2D eigenvalue weighted by atomic mass is 10.0. The normalized spacial score (nSPS) is 17.0. The van der Waals surface area contributed by atoms with Crippen LogP contribution in [-0.2, 0) is 4.79 Å². The van der Waals surface area contributed by atoms with Crippen molar-refractivity contribution in [1.29, 1.82) is 0 Å². The molecule has 1 atom stereocenters. The van der Waals surface area contributed by atoms with Crippen LogP contribution in [0.15, 0.2) is 30.5 Å². The highest BCUT2D eigenvalue weighted by molar-refractivity contribution is 6.42. The zero-order valence-electron chi connectivity index (χ0n) is 15.1. The third-order valence-corrected chi connectivity index (χ3v) is 5.27. The fourth-order valence-electron chi connectivity index (χ4n) is 3.18. The topological polar surface area (TPSA) is 67.2 Å². The molecule has 2 aromatic rings. The number of hydrogen-bond donors (Lipinski definition) is 1. The van der Waals surface area contributed by atoms with Gasteiger partial charge in [-0.3, -0.25) is 9.59 Å². The van der Waals surface area contributed by atoms with Gasteiger partial charge in [-0.2, -0.15) is 5.10 Å². The van der Waals surface area contributed by atoms with E-state index in [0.717, 1.165) is 24.9 Å². The molecule has 144 valence electrons. The Hall–Kier alpha value is -2.05. The lowest BCUT2D eigenvalue weighted by Crippen LogP contribution is -2.49. The Morgan fingerprint density at radius 1 is 1.26 bits per heavy atom. The van der Waals surface area contributed by atoms with Gasteiger partial charge in [-0.25, -0.2) is 4.68 Å². The number of nitrogens with one attached hydrogen (secondary N) is 1. The summed E-state index contributed by atoms with van der Waals surface area (Å²) in [7, 11) is 0. The Balaban J connectivity index is 1.68. The molecule has 1 aromatic heterocycles. The number of nitrogens with zero attached hydrogens (tertiary/aromatic N) is 3. The highest BCUT2D eigenvalue weighted by atomic mass is 35.5. The first-order valence-corrected chi connectivity index (χ1v) is 9.83. The molecular weight excluding hydrogens is 387 g/mol. The SMILES string of the molecule is CCCC(=O)NC1CCCN(C(=O)c2ccn(-c3ccc(Cl)c(Cl)c3)n2)C1. The molecule has 1 aliphatic heterocycles. The van der Waals surface area contributed by atoms with Crippen LogP contribution >= 0.6 is 23.2 Å². The fraction of sp³-hybridized carbons (Fsp3) is 0.421. The summed E-state index contributed by atoms with van der Waals surface area (Å²) in [5, 5.41) is 8.29. The molecule has 2 amide bonds. The molecule has 0 saturated carbocycles. The van der Waals surface area contributed by atoms with Gasteiger partial charge in [0.05, 0.1) is 15.7 Å². The van der Waals surface area contributed by atoms with E-state index in [2.05, 4.69) is 10.4 Å². The number of aromatic nitrogens is 2. The summed E-state index contributed by atoms with van der Waals surface area (Å²) < 4.78 is 1.60. The molecule has 0 radical (unpaired) electrons. The van der Waals surface area contributed by atoms with Crippen LogP contribution in [-0.4, -0.2) is 45.6 Å². The number of carbonyl (C=O) groups excluding carboxylic acids is 2. The summed E-state index contributed by atoms with van der Waals surface area (Å²) in [6.45, 7) is 3.15. The average Bonchev–Trinajstić information content (AvgIpc) is 3.14. The predicted molar refractivity (Wildman–Crippen MR) is 106 cm³/mol. The summed E-state index contributed by atoms with van der Waals surface area (Å²) in [6.07, 6.45) is 4.79. The van der Waals surface area contributed by atoms with Crippen molar-refractivity contribution >= 4 is 35.0 Å². The molecule has 27 heavy (non-hydrogen) atoms. The van der Waals surface area contributed by atoms with Crippen LogP contribution in [0.5, 0.6) is 0 Å². The van der Waals surface area contributed by atoms with E-state index >= 15 is 0 Å². The molecule has 1 fully saturated rings. The van der Waals surface area contributed by atoms with E-state index in [1.54, 1.807) is 40.0 Å².